The normalized spacial score (nSPS) is 11.4. The van der Waals surface area contributed by atoms with E-state index in [1.165, 1.54) is 16.8 Å². The summed E-state index contributed by atoms with van der Waals surface area (Å²) in [5, 5.41) is 2.34. The van der Waals surface area contributed by atoms with E-state index in [0.29, 0.717) is 4.47 Å². The van der Waals surface area contributed by atoms with Crippen LogP contribution in [0.2, 0.25) is 0 Å². The molecule has 4 heteroatoms. The van der Waals surface area contributed by atoms with Gasteiger partial charge < -0.3 is 4.57 Å². The first-order chi connectivity index (χ1) is 10.7. The molecule has 4 aromatic rings. The van der Waals surface area contributed by atoms with Crippen molar-refractivity contribution in [3.05, 3.63) is 74.5 Å². The van der Waals surface area contributed by atoms with Crippen LogP contribution in [0.3, 0.4) is 0 Å². The van der Waals surface area contributed by atoms with Crippen LogP contribution < -0.4 is 0 Å². The molecule has 0 unspecified atom stereocenters. The van der Waals surface area contributed by atoms with Crippen molar-refractivity contribution in [2.45, 2.75) is 0 Å². The number of hydrogen-bond donors (Lipinski definition) is 0. The topological polar surface area (TPSA) is 4.93 Å². The van der Waals surface area contributed by atoms with Gasteiger partial charge >= 0.3 is 0 Å². The van der Waals surface area contributed by atoms with Gasteiger partial charge in [-0.1, -0.05) is 36.4 Å². The average molecular weight is 466 g/mol. The summed E-state index contributed by atoms with van der Waals surface area (Å²) in [4.78, 5) is 0. The largest absolute Gasteiger partial charge is 0.308 e. The average Bonchev–Trinajstić information content (AvgIpc) is 2.85. The summed E-state index contributed by atoms with van der Waals surface area (Å²) in [7, 11) is 0. The molecule has 0 atom stereocenters. The summed E-state index contributed by atoms with van der Waals surface area (Å²) in [6.45, 7) is 0. The second kappa shape index (κ2) is 5.35. The third-order valence-corrected chi connectivity index (χ3v) is 5.20. The lowest BCUT2D eigenvalue weighted by atomic mass is 10.2. The van der Waals surface area contributed by atoms with E-state index in [-0.39, 0.29) is 5.82 Å². The number of hydrogen-bond acceptors (Lipinski definition) is 0. The van der Waals surface area contributed by atoms with Crippen LogP contribution in [0.25, 0.3) is 27.5 Å². The van der Waals surface area contributed by atoms with Crippen LogP contribution in [0.15, 0.2) is 65.1 Å². The minimum absolute atomic E-state index is 0.247. The van der Waals surface area contributed by atoms with E-state index in [0.717, 1.165) is 20.3 Å². The van der Waals surface area contributed by atoms with Crippen LogP contribution in [0.5, 0.6) is 0 Å². The molecule has 4 rings (SSSR count). The lowest BCUT2D eigenvalue weighted by Gasteiger charge is -2.11. The molecule has 0 radical (unpaired) electrons. The molecule has 0 N–H and O–H groups in total. The second-order valence-corrected chi connectivity index (χ2v) is 7.13. The van der Waals surface area contributed by atoms with Gasteiger partial charge in [-0.3, -0.25) is 0 Å². The van der Waals surface area contributed by atoms with Gasteiger partial charge in [-0.05, 0) is 62.8 Å². The highest BCUT2D eigenvalue weighted by atomic mass is 127. The number of benzene rings is 3. The van der Waals surface area contributed by atoms with Gasteiger partial charge in [-0.2, -0.15) is 0 Å². The van der Waals surface area contributed by atoms with Gasteiger partial charge in [0.2, 0.25) is 0 Å². The van der Waals surface area contributed by atoms with Gasteiger partial charge in [0.15, 0.2) is 0 Å². The van der Waals surface area contributed by atoms with Crippen molar-refractivity contribution >= 4 is 60.3 Å². The Morgan fingerprint density at radius 3 is 2.00 bits per heavy atom. The lowest BCUT2D eigenvalue weighted by molar-refractivity contribution is 0.619. The molecule has 0 aliphatic carbocycles. The number of halogens is 3. The monoisotopic (exact) mass is 465 g/mol. The maximum atomic E-state index is 14.2. The first-order valence-corrected chi connectivity index (χ1v) is 8.67. The van der Waals surface area contributed by atoms with Crippen molar-refractivity contribution < 1.29 is 4.39 Å². The third kappa shape index (κ3) is 2.08. The molecule has 0 aliphatic rings. The van der Waals surface area contributed by atoms with E-state index in [9.17, 15) is 4.39 Å². The molecule has 0 amide bonds. The Labute approximate surface area is 149 Å². The maximum absolute atomic E-state index is 14.2. The summed E-state index contributed by atoms with van der Waals surface area (Å²) in [6, 6.07) is 19.9. The summed E-state index contributed by atoms with van der Waals surface area (Å²) < 4.78 is 17.6. The lowest BCUT2D eigenvalue weighted by Crippen LogP contribution is -1.98. The Morgan fingerprint density at radius 1 is 0.864 bits per heavy atom. The molecule has 0 spiro atoms. The van der Waals surface area contributed by atoms with Gasteiger partial charge in [0.05, 0.1) is 21.2 Å². The van der Waals surface area contributed by atoms with E-state index in [4.69, 9.17) is 0 Å². The molecule has 0 saturated carbocycles. The fourth-order valence-corrected chi connectivity index (χ4v) is 3.86. The zero-order valence-corrected chi connectivity index (χ0v) is 15.1. The molecule has 3 aromatic carbocycles. The van der Waals surface area contributed by atoms with Crippen molar-refractivity contribution in [3.8, 4) is 5.69 Å². The Balaban J connectivity index is 2.23. The SMILES string of the molecule is Fc1cc(I)cc(-n2c3ccccc3c3ccccc32)c1Br. The number of nitrogens with zero attached hydrogens (tertiary/aromatic N) is 1. The molecule has 1 aromatic heterocycles. The number of rotatable bonds is 1. The molecule has 22 heavy (non-hydrogen) atoms. The molecule has 0 saturated heterocycles. The summed E-state index contributed by atoms with van der Waals surface area (Å²) in [5.74, 6) is -0.247. The molecule has 1 heterocycles. The first kappa shape index (κ1) is 14.2. The first-order valence-electron chi connectivity index (χ1n) is 6.80. The van der Waals surface area contributed by atoms with Crippen molar-refractivity contribution in [2.24, 2.45) is 0 Å². The van der Waals surface area contributed by atoms with Gasteiger partial charge in [-0.15, -0.1) is 0 Å². The standard InChI is InChI=1S/C18H10BrFIN/c19-18-14(20)9-11(21)10-17(18)22-15-7-3-1-5-12(15)13-6-2-4-8-16(13)22/h1-10H. The van der Waals surface area contributed by atoms with E-state index >= 15 is 0 Å². The van der Waals surface area contributed by atoms with Gasteiger partial charge in [0.25, 0.3) is 0 Å². The summed E-state index contributed by atoms with van der Waals surface area (Å²) in [5.41, 5.74) is 2.97. The summed E-state index contributed by atoms with van der Waals surface area (Å²) in [6.07, 6.45) is 0. The molecule has 1 nitrogen and oxygen atoms in total. The van der Waals surface area contributed by atoms with Crippen LogP contribution in [-0.4, -0.2) is 4.57 Å². The van der Waals surface area contributed by atoms with Crippen LogP contribution >= 0.6 is 38.5 Å². The Kier molecular flexibility index (Phi) is 3.46. The van der Waals surface area contributed by atoms with Gasteiger partial charge in [-0.25, -0.2) is 4.39 Å². The fourth-order valence-electron chi connectivity index (χ4n) is 2.89. The van der Waals surface area contributed by atoms with E-state index in [1.807, 2.05) is 30.3 Å². The summed E-state index contributed by atoms with van der Waals surface area (Å²) >= 11 is 5.55. The Morgan fingerprint density at radius 2 is 1.41 bits per heavy atom. The van der Waals surface area contributed by atoms with E-state index in [1.54, 1.807) is 0 Å². The van der Waals surface area contributed by atoms with E-state index < -0.39 is 0 Å². The van der Waals surface area contributed by atoms with Crippen molar-refractivity contribution in [3.63, 3.8) is 0 Å². The minimum Gasteiger partial charge on any atom is -0.308 e. The van der Waals surface area contributed by atoms with Gasteiger partial charge in [0.1, 0.15) is 5.82 Å². The van der Waals surface area contributed by atoms with Crippen LogP contribution in [-0.2, 0) is 0 Å². The highest BCUT2D eigenvalue weighted by Crippen LogP contribution is 2.35. The van der Waals surface area contributed by atoms with Crippen LogP contribution in [0.4, 0.5) is 4.39 Å². The highest BCUT2D eigenvalue weighted by molar-refractivity contribution is 14.1. The fraction of sp³-hybridized carbons (Fsp3) is 0. The van der Waals surface area contributed by atoms with Gasteiger partial charge in [0, 0.05) is 14.3 Å². The number of aromatic nitrogens is 1. The molecular weight excluding hydrogens is 456 g/mol. The minimum atomic E-state index is -0.247. The predicted molar refractivity (Wildman–Crippen MR) is 101 cm³/mol. The van der Waals surface area contributed by atoms with Crippen molar-refractivity contribution in [2.75, 3.05) is 0 Å². The zero-order chi connectivity index (χ0) is 15.3. The van der Waals surface area contributed by atoms with E-state index in [2.05, 4.69) is 67.4 Å². The van der Waals surface area contributed by atoms with Crippen molar-refractivity contribution in [1.82, 2.24) is 4.57 Å². The number of fused-ring (bicyclic) bond motifs is 3. The Bertz CT molecular complexity index is 969. The van der Waals surface area contributed by atoms with Crippen molar-refractivity contribution in [1.29, 1.82) is 0 Å². The third-order valence-electron chi connectivity index (χ3n) is 3.79. The predicted octanol–water partition coefficient (Wildman–Crippen LogP) is 6.29. The Hall–Kier alpha value is -1.40. The van der Waals surface area contributed by atoms with Crippen LogP contribution in [0, 0.1) is 9.39 Å². The highest BCUT2D eigenvalue weighted by Gasteiger charge is 2.15. The number of para-hydroxylation sites is 2. The molecule has 0 fully saturated rings. The zero-order valence-electron chi connectivity index (χ0n) is 11.4. The maximum Gasteiger partial charge on any atom is 0.140 e. The quantitative estimate of drug-likeness (QED) is 0.230. The molecule has 108 valence electrons. The smallest absolute Gasteiger partial charge is 0.140 e. The second-order valence-electron chi connectivity index (χ2n) is 5.09. The molecular formula is C18H10BrFIN. The van der Waals surface area contributed by atoms with Crippen LogP contribution in [0.1, 0.15) is 0 Å². The molecule has 0 aliphatic heterocycles. The molecule has 0 bridgehead atoms.